The van der Waals surface area contributed by atoms with Gasteiger partial charge in [0.2, 0.25) is 23.6 Å². The Morgan fingerprint density at radius 2 is 1.44 bits per heavy atom. The summed E-state index contributed by atoms with van der Waals surface area (Å²) in [6.07, 6.45) is 0.949. The van der Waals surface area contributed by atoms with Gasteiger partial charge in [0.25, 0.3) is 0 Å². The number of ether oxygens (including phenoxy) is 5. The molecule has 0 aliphatic carbocycles. The van der Waals surface area contributed by atoms with Crippen molar-refractivity contribution in [2.75, 3.05) is 79.2 Å². The molecule has 0 saturated carbocycles. The maximum absolute atomic E-state index is 13.9. The highest BCUT2D eigenvalue weighted by molar-refractivity contribution is 7.15. The minimum absolute atomic E-state index is 0.0180. The van der Waals surface area contributed by atoms with Gasteiger partial charge in [-0.2, -0.15) is 0 Å². The van der Waals surface area contributed by atoms with Crippen LogP contribution in [0.4, 0.5) is 0 Å². The molecule has 19 nitrogen and oxygen atoms in total. The van der Waals surface area contributed by atoms with Crippen LogP contribution in [0.2, 0.25) is 5.02 Å². The van der Waals surface area contributed by atoms with Gasteiger partial charge in [-0.15, -0.1) is 32.9 Å². The average molecular weight is 1120 g/mol. The summed E-state index contributed by atoms with van der Waals surface area (Å²) in [6.45, 7) is 17.3. The third-order valence-corrected chi connectivity index (χ3v) is 15.6. The Balaban J connectivity index is 0.695. The number of carbonyl (C=O) groups excluding carboxylic acids is 4. The molecule has 2 aliphatic rings. The zero-order chi connectivity index (χ0) is 55.1. The van der Waals surface area contributed by atoms with E-state index >= 15 is 0 Å². The Hall–Kier alpha value is -5.49. The van der Waals surface area contributed by atoms with E-state index in [1.54, 1.807) is 22.7 Å². The van der Waals surface area contributed by atoms with E-state index in [1.165, 1.54) is 9.78 Å². The lowest BCUT2D eigenvalue weighted by Crippen LogP contribution is -2.58. The van der Waals surface area contributed by atoms with Gasteiger partial charge in [-0.25, -0.2) is 4.98 Å². The third-order valence-electron chi connectivity index (χ3n) is 13.2. The van der Waals surface area contributed by atoms with Gasteiger partial charge in [0.15, 0.2) is 5.82 Å². The van der Waals surface area contributed by atoms with Crippen molar-refractivity contribution in [3.8, 4) is 15.4 Å². The monoisotopic (exact) mass is 1120 g/mol. The molecular weight excluding hydrogens is 1050 g/mol. The van der Waals surface area contributed by atoms with Crippen LogP contribution in [0.25, 0.3) is 15.4 Å². The van der Waals surface area contributed by atoms with Crippen molar-refractivity contribution in [1.29, 1.82) is 0 Å². The first-order valence-corrected chi connectivity index (χ1v) is 28.1. The van der Waals surface area contributed by atoms with Crippen LogP contribution in [-0.4, -0.2) is 156 Å². The number of halogens is 1. The minimum atomic E-state index is -0.966. The smallest absolute Gasteiger partial charge is 0.246 e. The van der Waals surface area contributed by atoms with Crippen molar-refractivity contribution in [3.63, 3.8) is 0 Å². The summed E-state index contributed by atoms with van der Waals surface area (Å²) in [4.78, 5) is 66.7. The Morgan fingerprint density at radius 1 is 0.805 bits per heavy atom. The van der Waals surface area contributed by atoms with Crippen LogP contribution in [0.1, 0.15) is 97.0 Å². The fourth-order valence-corrected chi connectivity index (χ4v) is 11.1. The number of likely N-dealkylation sites (tertiary alicyclic amines) is 1. The number of aliphatic hydroxyl groups is 1. The Morgan fingerprint density at radius 3 is 2.09 bits per heavy atom. The predicted octanol–water partition coefficient (Wildman–Crippen LogP) is 6.41. The second-order valence-corrected chi connectivity index (χ2v) is 22.6. The molecule has 4 amide bonds. The van der Waals surface area contributed by atoms with Crippen molar-refractivity contribution in [2.45, 2.75) is 105 Å². The van der Waals surface area contributed by atoms with E-state index in [0.29, 0.717) is 63.6 Å². The molecule has 3 aromatic heterocycles. The normalized spacial score (nSPS) is 16.6. The van der Waals surface area contributed by atoms with Crippen LogP contribution < -0.4 is 16.0 Å². The molecule has 0 radical (unpaired) electrons. The number of nitrogens with one attached hydrogen (secondary N) is 3. The Kier molecular flexibility index (Phi) is 21.8. The van der Waals surface area contributed by atoms with Gasteiger partial charge in [-0.05, 0) is 74.8 Å². The van der Waals surface area contributed by atoms with Gasteiger partial charge in [0.05, 0.1) is 80.6 Å². The number of amides is 4. The summed E-state index contributed by atoms with van der Waals surface area (Å²) in [5.74, 6) is -0.108. The molecule has 0 bridgehead atoms. The number of hydrogen-bond donors (Lipinski definition) is 4. The molecule has 77 heavy (non-hydrogen) atoms. The number of nitrogens with zero attached hydrogens (tertiary/aromatic N) is 6. The first-order chi connectivity index (χ1) is 37.0. The van der Waals surface area contributed by atoms with Gasteiger partial charge >= 0.3 is 0 Å². The van der Waals surface area contributed by atoms with E-state index < -0.39 is 41.5 Å². The molecule has 5 aromatic rings. The summed E-state index contributed by atoms with van der Waals surface area (Å²) in [5, 5.41) is 29.7. The van der Waals surface area contributed by atoms with E-state index in [1.807, 2.05) is 93.2 Å². The second kappa shape index (κ2) is 28.4. The van der Waals surface area contributed by atoms with E-state index in [-0.39, 0.29) is 57.6 Å². The number of aromatic nitrogens is 4. The van der Waals surface area contributed by atoms with Crippen LogP contribution in [0.5, 0.6) is 0 Å². The van der Waals surface area contributed by atoms with E-state index in [2.05, 4.69) is 45.0 Å². The Bertz CT molecular complexity index is 2790. The molecule has 5 heterocycles. The molecule has 2 aromatic carbocycles. The summed E-state index contributed by atoms with van der Waals surface area (Å²) in [7, 11) is 0. The predicted molar refractivity (Wildman–Crippen MR) is 296 cm³/mol. The van der Waals surface area contributed by atoms with Crippen molar-refractivity contribution in [3.05, 3.63) is 104 Å². The van der Waals surface area contributed by atoms with Crippen molar-refractivity contribution in [2.24, 2.45) is 10.4 Å². The average Bonchev–Trinajstić information content (AvgIpc) is 4.30. The van der Waals surface area contributed by atoms with Crippen molar-refractivity contribution >= 4 is 63.6 Å². The molecule has 1 unspecified atom stereocenters. The van der Waals surface area contributed by atoms with Gasteiger partial charge < -0.3 is 49.6 Å². The minimum Gasteiger partial charge on any atom is -0.391 e. The van der Waals surface area contributed by atoms with Crippen LogP contribution in [0.15, 0.2) is 59.0 Å². The highest BCUT2D eigenvalue weighted by atomic mass is 35.5. The number of unbranched alkanes of at least 4 members (excludes halogenated alkanes) is 1. The van der Waals surface area contributed by atoms with Crippen LogP contribution in [-0.2, 0) is 49.4 Å². The topological polar surface area (TPSA) is 230 Å². The lowest BCUT2D eigenvalue weighted by molar-refractivity contribution is -0.144. The number of rotatable bonds is 28. The lowest BCUT2D eigenvalue weighted by atomic mass is 9.85. The number of aliphatic hydroxyl groups excluding tert-OH is 1. The molecule has 1 fully saturated rings. The van der Waals surface area contributed by atoms with Crippen LogP contribution in [0.3, 0.4) is 0 Å². The highest BCUT2D eigenvalue weighted by Gasteiger charge is 2.44. The number of aliphatic imine (C=N–C) groups is 1. The second-order valence-electron chi connectivity index (χ2n) is 20.1. The quantitative estimate of drug-likeness (QED) is 0.0398. The number of fused-ring (bicyclic) bond motifs is 3. The van der Waals surface area contributed by atoms with Crippen molar-refractivity contribution in [1.82, 2.24) is 40.6 Å². The van der Waals surface area contributed by atoms with Gasteiger partial charge in [0.1, 0.15) is 35.6 Å². The first-order valence-electron chi connectivity index (χ1n) is 26.1. The van der Waals surface area contributed by atoms with Crippen LogP contribution in [0, 0.1) is 33.1 Å². The van der Waals surface area contributed by atoms with Gasteiger partial charge in [0, 0.05) is 60.3 Å². The molecule has 7 rings (SSSR count). The fourth-order valence-electron chi connectivity index (χ4n) is 8.96. The number of benzene rings is 2. The summed E-state index contributed by atoms with van der Waals surface area (Å²) >= 11 is 9.47. The zero-order valence-corrected chi connectivity index (χ0v) is 47.4. The first kappa shape index (κ1) is 59.2. The molecule has 4 N–H and O–H groups in total. The highest BCUT2D eigenvalue weighted by Crippen LogP contribution is 2.40. The number of aryl methyl sites for hydroxylation is 3. The molecule has 22 heteroatoms. The van der Waals surface area contributed by atoms with Crippen molar-refractivity contribution < 1.29 is 48.0 Å². The molecule has 0 spiro atoms. The van der Waals surface area contributed by atoms with Crippen LogP contribution >= 0.6 is 34.3 Å². The number of hydrogen-bond acceptors (Lipinski definition) is 16. The molecule has 2 aliphatic heterocycles. The van der Waals surface area contributed by atoms with E-state index in [4.69, 9.17) is 40.3 Å². The van der Waals surface area contributed by atoms with E-state index in [9.17, 15) is 24.3 Å². The fraction of sp³-hybridized carbons (Fsp3) is 0.527. The molecular formula is C55H72ClN9O10S2. The SMILES string of the molecule is Cc1ncsc1-c1ccc(CNC(=O)[C@@H]2C[C@@H](O)CN2C(=O)C(NC(=O)COCCOCCOCCCCOCCOCCNC(=O)C[C@@H]2N=C(c3ccc(Cl)cc3)c3c(sc(C)c3C)-n3c(C)nnc32)C(C)(C)C)cc1. The standard InChI is InChI=1S/C55H72ClN9O10S2/c1-34-36(3)77-54-47(34)48(39-14-16-41(56)17-15-39)60-43(51-63-62-37(4)65(51)54)29-45(67)57-18-21-73-24-22-71-19-8-9-20-72-23-25-74-26-27-75-32-46(68)61-50(55(5,6)7)53(70)64-31-42(66)28-44(64)52(69)58-30-38-10-12-40(13-11-38)49-35(2)59-33-76-49/h10-17,33,42-44,50,66H,8-9,18-32H2,1-7H3,(H,57,67)(H,58,69)(H,61,68)/t42-,43+,44+,50?/m1/s1. The maximum atomic E-state index is 13.9. The lowest BCUT2D eigenvalue weighted by Gasteiger charge is -2.35. The molecule has 416 valence electrons. The molecule has 1 saturated heterocycles. The van der Waals surface area contributed by atoms with E-state index in [0.717, 1.165) is 67.8 Å². The summed E-state index contributed by atoms with van der Waals surface area (Å²) < 4.78 is 30.2. The van der Waals surface area contributed by atoms with Gasteiger partial charge in [-0.3, -0.25) is 28.7 Å². The number of β-amino-alcohol motifs (C(OH)–C–C–N with tert-alkyl or cyclic N) is 1. The summed E-state index contributed by atoms with van der Waals surface area (Å²) in [5.41, 5.74) is 7.86. The third kappa shape index (κ3) is 16.3. The zero-order valence-electron chi connectivity index (χ0n) is 45.0. The largest absolute Gasteiger partial charge is 0.391 e. The van der Waals surface area contributed by atoms with Gasteiger partial charge in [-0.1, -0.05) is 68.8 Å². The Labute approximate surface area is 463 Å². The maximum Gasteiger partial charge on any atom is 0.246 e. The number of thiazole rings is 1. The molecule has 4 atom stereocenters. The number of carbonyl (C=O) groups is 4. The summed E-state index contributed by atoms with van der Waals surface area (Å²) in [6, 6.07) is 13.1. The number of thiophene rings is 1.